The third kappa shape index (κ3) is 5.36. The monoisotopic (exact) mass is 377 g/mol. The molecule has 1 aromatic heterocycles. The summed E-state index contributed by atoms with van der Waals surface area (Å²) in [6, 6.07) is 11.5. The molecular formula is C18H20ClN3O2S. The standard InChI is InChI=1S/C18H20ClN3O2S/c19-15-3-1-2-4-16(15)25-12-7-18(23)21-17-6-5-14(13-20-17)22-8-10-24-11-9-22/h1-6,13H,7-12H2,(H,20,21,23). The maximum Gasteiger partial charge on any atom is 0.226 e. The first-order chi connectivity index (χ1) is 12.2. The molecule has 1 fully saturated rings. The van der Waals surface area contributed by atoms with Crippen LogP contribution in [0.4, 0.5) is 11.5 Å². The minimum absolute atomic E-state index is 0.0498. The molecule has 132 valence electrons. The Labute approximate surface area is 156 Å². The van der Waals surface area contributed by atoms with Gasteiger partial charge in [-0.25, -0.2) is 4.98 Å². The Hall–Kier alpha value is -1.76. The predicted octanol–water partition coefficient (Wildman–Crippen LogP) is 3.69. The van der Waals surface area contributed by atoms with Crippen molar-refractivity contribution in [2.75, 3.05) is 42.3 Å². The zero-order valence-corrected chi connectivity index (χ0v) is 15.4. The first kappa shape index (κ1) is 18.0. The van der Waals surface area contributed by atoms with Crippen LogP contribution >= 0.6 is 23.4 Å². The molecular weight excluding hydrogens is 358 g/mol. The number of amides is 1. The number of thioether (sulfide) groups is 1. The molecule has 2 heterocycles. The molecule has 1 N–H and O–H groups in total. The highest BCUT2D eigenvalue weighted by atomic mass is 35.5. The molecule has 25 heavy (non-hydrogen) atoms. The van der Waals surface area contributed by atoms with Crippen molar-refractivity contribution in [3.63, 3.8) is 0 Å². The maximum atomic E-state index is 12.0. The summed E-state index contributed by atoms with van der Waals surface area (Å²) in [6.45, 7) is 3.21. The molecule has 1 amide bonds. The minimum Gasteiger partial charge on any atom is -0.378 e. The van der Waals surface area contributed by atoms with Gasteiger partial charge in [0.05, 0.1) is 30.1 Å². The fourth-order valence-corrected chi connectivity index (χ4v) is 3.68. The number of nitrogens with zero attached hydrogens (tertiary/aromatic N) is 2. The molecule has 1 saturated heterocycles. The van der Waals surface area contributed by atoms with E-state index >= 15 is 0 Å². The van der Waals surface area contributed by atoms with Crippen LogP contribution in [0.2, 0.25) is 5.02 Å². The Balaban J connectivity index is 1.45. The van der Waals surface area contributed by atoms with Gasteiger partial charge in [0.15, 0.2) is 0 Å². The molecule has 1 aliphatic rings. The van der Waals surface area contributed by atoms with Gasteiger partial charge in [0, 0.05) is 30.2 Å². The van der Waals surface area contributed by atoms with E-state index in [9.17, 15) is 4.79 Å². The smallest absolute Gasteiger partial charge is 0.226 e. The van der Waals surface area contributed by atoms with E-state index in [1.54, 1.807) is 18.0 Å². The quantitative estimate of drug-likeness (QED) is 0.778. The Morgan fingerprint density at radius 2 is 2.04 bits per heavy atom. The number of hydrogen-bond acceptors (Lipinski definition) is 5. The lowest BCUT2D eigenvalue weighted by molar-refractivity contribution is -0.115. The van der Waals surface area contributed by atoms with Gasteiger partial charge in [0.25, 0.3) is 0 Å². The van der Waals surface area contributed by atoms with Crippen LogP contribution in [-0.4, -0.2) is 42.9 Å². The number of carbonyl (C=O) groups excluding carboxylic acids is 1. The molecule has 1 aromatic carbocycles. The summed E-state index contributed by atoms with van der Waals surface area (Å²) in [6.07, 6.45) is 2.20. The number of aromatic nitrogens is 1. The lowest BCUT2D eigenvalue weighted by Gasteiger charge is -2.28. The SMILES string of the molecule is O=C(CCSc1ccccc1Cl)Nc1ccc(N2CCOCC2)cn1. The van der Waals surface area contributed by atoms with E-state index in [-0.39, 0.29) is 5.91 Å². The topological polar surface area (TPSA) is 54.5 Å². The Bertz CT molecular complexity index is 706. The number of anilines is 2. The van der Waals surface area contributed by atoms with E-state index in [2.05, 4.69) is 15.2 Å². The van der Waals surface area contributed by atoms with Gasteiger partial charge in [-0.1, -0.05) is 23.7 Å². The van der Waals surface area contributed by atoms with Crippen LogP contribution in [0.5, 0.6) is 0 Å². The van der Waals surface area contributed by atoms with Crippen LogP contribution < -0.4 is 10.2 Å². The molecule has 2 aromatic rings. The number of rotatable bonds is 6. The summed E-state index contributed by atoms with van der Waals surface area (Å²) < 4.78 is 5.35. The van der Waals surface area contributed by atoms with Gasteiger partial charge in [0.2, 0.25) is 5.91 Å². The van der Waals surface area contributed by atoms with Gasteiger partial charge in [-0.2, -0.15) is 0 Å². The molecule has 0 bridgehead atoms. The third-order valence-electron chi connectivity index (χ3n) is 3.81. The van der Waals surface area contributed by atoms with Crippen molar-refractivity contribution in [2.24, 2.45) is 0 Å². The minimum atomic E-state index is -0.0498. The number of nitrogens with one attached hydrogen (secondary N) is 1. The molecule has 3 rings (SSSR count). The van der Waals surface area contributed by atoms with Crippen LogP contribution in [0.3, 0.4) is 0 Å². The summed E-state index contributed by atoms with van der Waals surface area (Å²) in [5.41, 5.74) is 1.05. The lowest BCUT2D eigenvalue weighted by Crippen LogP contribution is -2.36. The van der Waals surface area contributed by atoms with Crippen LogP contribution in [0.1, 0.15) is 6.42 Å². The summed E-state index contributed by atoms with van der Waals surface area (Å²) in [5, 5.41) is 3.55. The number of halogens is 1. The van der Waals surface area contributed by atoms with Gasteiger partial charge >= 0.3 is 0 Å². The van der Waals surface area contributed by atoms with Crippen LogP contribution in [0, 0.1) is 0 Å². The van der Waals surface area contributed by atoms with Crippen LogP contribution in [0.25, 0.3) is 0 Å². The maximum absolute atomic E-state index is 12.0. The van der Waals surface area contributed by atoms with Crippen LogP contribution in [0.15, 0.2) is 47.5 Å². The lowest BCUT2D eigenvalue weighted by atomic mass is 10.3. The van der Waals surface area contributed by atoms with E-state index in [0.29, 0.717) is 23.0 Å². The average Bonchev–Trinajstić information content (AvgIpc) is 2.65. The molecule has 0 atom stereocenters. The zero-order chi connectivity index (χ0) is 17.5. The van der Waals surface area contributed by atoms with Crippen molar-refractivity contribution in [1.82, 2.24) is 4.98 Å². The van der Waals surface area contributed by atoms with E-state index < -0.39 is 0 Å². The van der Waals surface area contributed by atoms with Crippen molar-refractivity contribution in [3.05, 3.63) is 47.6 Å². The summed E-state index contributed by atoms with van der Waals surface area (Å²) in [4.78, 5) is 19.6. The van der Waals surface area contributed by atoms with Crippen molar-refractivity contribution in [3.8, 4) is 0 Å². The van der Waals surface area contributed by atoms with Gasteiger partial charge in [-0.3, -0.25) is 4.79 Å². The molecule has 0 saturated carbocycles. The molecule has 5 nitrogen and oxygen atoms in total. The number of hydrogen-bond donors (Lipinski definition) is 1. The fourth-order valence-electron chi connectivity index (χ4n) is 2.49. The normalized spacial score (nSPS) is 14.4. The second-order valence-electron chi connectivity index (χ2n) is 5.58. The third-order valence-corrected chi connectivity index (χ3v) is 5.33. The highest BCUT2D eigenvalue weighted by Gasteiger charge is 2.12. The Kier molecular flexibility index (Phi) is 6.55. The van der Waals surface area contributed by atoms with Gasteiger partial charge in [-0.15, -0.1) is 11.8 Å². The van der Waals surface area contributed by atoms with E-state index in [0.717, 1.165) is 36.9 Å². The van der Waals surface area contributed by atoms with Crippen molar-refractivity contribution >= 4 is 40.8 Å². The number of benzene rings is 1. The van der Waals surface area contributed by atoms with Crippen molar-refractivity contribution in [1.29, 1.82) is 0 Å². The fraction of sp³-hybridized carbons (Fsp3) is 0.333. The first-order valence-corrected chi connectivity index (χ1v) is 9.54. The first-order valence-electron chi connectivity index (χ1n) is 8.18. The predicted molar refractivity (Wildman–Crippen MR) is 103 cm³/mol. The number of morpholine rings is 1. The summed E-state index contributed by atoms with van der Waals surface area (Å²) in [7, 11) is 0. The number of pyridine rings is 1. The highest BCUT2D eigenvalue weighted by Crippen LogP contribution is 2.27. The van der Waals surface area contributed by atoms with Crippen LogP contribution in [-0.2, 0) is 9.53 Å². The summed E-state index contributed by atoms with van der Waals surface area (Å²) in [5.74, 6) is 1.19. The molecule has 1 aliphatic heterocycles. The molecule has 0 aliphatic carbocycles. The largest absolute Gasteiger partial charge is 0.378 e. The Morgan fingerprint density at radius 3 is 2.76 bits per heavy atom. The molecule has 7 heteroatoms. The molecule has 0 radical (unpaired) electrons. The van der Waals surface area contributed by atoms with Gasteiger partial charge < -0.3 is 15.0 Å². The Morgan fingerprint density at radius 1 is 1.24 bits per heavy atom. The number of ether oxygens (including phenoxy) is 1. The van der Waals surface area contributed by atoms with Crippen molar-refractivity contribution < 1.29 is 9.53 Å². The second-order valence-corrected chi connectivity index (χ2v) is 7.12. The van der Waals surface area contributed by atoms with Gasteiger partial charge in [0.1, 0.15) is 5.82 Å². The van der Waals surface area contributed by atoms with Crippen molar-refractivity contribution in [2.45, 2.75) is 11.3 Å². The van der Waals surface area contributed by atoms with E-state index in [4.69, 9.17) is 16.3 Å². The van der Waals surface area contributed by atoms with Gasteiger partial charge in [-0.05, 0) is 24.3 Å². The molecule has 0 spiro atoms. The zero-order valence-electron chi connectivity index (χ0n) is 13.8. The summed E-state index contributed by atoms with van der Waals surface area (Å²) >= 11 is 7.68. The number of carbonyl (C=O) groups is 1. The van der Waals surface area contributed by atoms with E-state index in [1.165, 1.54) is 0 Å². The highest BCUT2D eigenvalue weighted by molar-refractivity contribution is 7.99. The average molecular weight is 378 g/mol. The van der Waals surface area contributed by atoms with E-state index in [1.807, 2.05) is 36.4 Å². The molecule has 0 unspecified atom stereocenters. The second kappa shape index (κ2) is 9.08.